The molecule has 0 aliphatic heterocycles. The Morgan fingerprint density at radius 1 is 1.04 bits per heavy atom. The number of hydrogen-bond acceptors (Lipinski definition) is 2. The summed E-state index contributed by atoms with van der Waals surface area (Å²) < 4.78 is 26.0. The lowest BCUT2D eigenvalue weighted by atomic mass is 9.95. The fourth-order valence-electron chi connectivity index (χ4n) is 2.42. The van der Waals surface area contributed by atoms with Crippen LogP contribution >= 0.6 is 0 Å². The predicted octanol–water partition coefficient (Wildman–Crippen LogP) is 5.44. The Kier molecular flexibility index (Phi) is 5.39. The fraction of sp³-hybridized carbons (Fsp3) is 0.263. The zero-order valence-electron chi connectivity index (χ0n) is 14.1. The highest BCUT2D eigenvalue weighted by atomic mass is 28.4. The predicted molar refractivity (Wildman–Crippen MR) is 95.6 cm³/mol. The van der Waals surface area contributed by atoms with Crippen LogP contribution in [0.4, 0.5) is 4.39 Å². The summed E-state index contributed by atoms with van der Waals surface area (Å²) in [5.41, 5.74) is 1.95. The maximum Gasteiger partial charge on any atom is 0.185 e. The van der Waals surface area contributed by atoms with Crippen molar-refractivity contribution in [2.24, 2.45) is 0 Å². The Morgan fingerprint density at radius 2 is 1.65 bits per heavy atom. The van der Waals surface area contributed by atoms with Crippen LogP contribution in [0.5, 0.6) is 5.75 Å². The molecule has 2 aromatic carbocycles. The van der Waals surface area contributed by atoms with Crippen LogP contribution in [-0.2, 0) is 4.43 Å². The van der Waals surface area contributed by atoms with Gasteiger partial charge in [0, 0.05) is 11.1 Å². The molecule has 0 fully saturated rings. The number of hydrogen-bond donors (Lipinski definition) is 0. The minimum absolute atomic E-state index is 0.295. The molecule has 122 valence electrons. The summed E-state index contributed by atoms with van der Waals surface area (Å²) in [5.74, 6) is 0.421. The molecule has 2 rings (SSSR count). The molecule has 1 atom stereocenters. The van der Waals surface area contributed by atoms with Gasteiger partial charge in [-0.3, -0.25) is 0 Å². The highest BCUT2D eigenvalue weighted by molar-refractivity contribution is 6.69. The zero-order chi connectivity index (χ0) is 17.0. The van der Waals surface area contributed by atoms with Crippen molar-refractivity contribution in [3.05, 3.63) is 72.1 Å². The number of halogens is 1. The van der Waals surface area contributed by atoms with Crippen LogP contribution in [0.3, 0.4) is 0 Å². The number of para-hydroxylation sites is 1. The molecule has 1 unspecified atom stereocenters. The summed E-state index contributed by atoms with van der Waals surface area (Å²) in [4.78, 5) is 0. The van der Waals surface area contributed by atoms with Crippen LogP contribution in [0.15, 0.2) is 55.1 Å². The molecular formula is C19H23FO2Si. The zero-order valence-corrected chi connectivity index (χ0v) is 15.1. The summed E-state index contributed by atoms with van der Waals surface area (Å²) in [5, 5.41) is 0. The van der Waals surface area contributed by atoms with Crippen LogP contribution in [0.25, 0.3) is 5.57 Å². The Labute approximate surface area is 138 Å². The molecule has 0 heterocycles. The number of methoxy groups -OCH3 is 1. The largest absolute Gasteiger partial charge is 0.496 e. The quantitative estimate of drug-likeness (QED) is 0.657. The first-order valence-corrected chi connectivity index (χ1v) is 11.0. The van der Waals surface area contributed by atoms with E-state index in [4.69, 9.17) is 9.16 Å². The van der Waals surface area contributed by atoms with Crippen molar-refractivity contribution in [3.8, 4) is 5.75 Å². The minimum atomic E-state index is -1.89. The third kappa shape index (κ3) is 4.30. The molecule has 4 heteroatoms. The summed E-state index contributed by atoms with van der Waals surface area (Å²) in [6.45, 7) is 10.4. The highest BCUT2D eigenvalue weighted by Crippen LogP contribution is 2.39. The highest BCUT2D eigenvalue weighted by Gasteiger charge is 2.28. The normalized spacial score (nSPS) is 12.7. The Morgan fingerprint density at radius 3 is 2.26 bits per heavy atom. The van der Waals surface area contributed by atoms with Gasteiger partial charge in [0.25, 0.3) is 0 Å². The van der Waals surface area contributed by atoms with E-state index in [-0.39, 0.29) is 5.82 Å². The van der Waals surface area contributed by atoms with E-state index in [1.165, 1.54) is 6.07 Å². The first-order chi connectivity index (χ1) is 10.8. The first-order valence-electron chi connectivity index (χ1n) is 7.58. The van der Waals surface area contributed by atoms with Crippen molar-refractivity contribution in [1.29, 1.82) is 0 Å². The molecule has 2 aromatic rings. The standard InChI is InChI=1S/C19H23FO2Si/c1-14(15-10-6-8-12-17(15)20)19(22-23(3,4)5)16-11-7-9-13-18(16)21-2/h6-13,19H,1H2,2-5H3. The monoisotopic (exact) mass is 330 g/mol. The number of benzene rings is 2. The van der Waals surface area contributed by atoms with Crippen LogP contribution < -0.4 is 4.74 Å². The maximum atomic E-state index is 14.2. The van der Waals surface area contributed by atoms with Gasteiger partial charge in [-0.15, -0.1) is 0 Å². The Balaban J connectivity index is 2.50. The molecule has 0 spiro atoms. The van der Waals surface area contributed by atoms with Gasteiger partial charge < -0.3 is 9.16 Å². The van der Waals surface area contributed by atoms with Gasteiger partial charge in [0.2, 0.25) is 0 Å². The smallest absolute Gasteiger partial charge is 0.185 e. The van der Waals surface area contributed by atoms with Crippen molar-refractivity contribution < 1.29 is 13.6 Å². The van der Waals surface area contributed by atoms with Crippen molar-refractivity contribution in [3.63, 3.8) is 0 Å². The van der Waals surface area contributed by atoms with Gasteiger partial charge in [0.15, 0.2) is 8.32 Å². The van der Waals surface area contributed by atoms with E-state index in [0.29, 0.717) is 16.9 Å². The lowest BCUT2D eigenvalue weighted by Crippen LogP contribution is -2.28. The average Bonchev–Trinajstić information content (AvgIpc) is 2.51. The number of rotatable bonds is 6. The van der Waals surface area contributed by atoms with Gasteiger partial charge in [-0.25, -0.2) is 4.39 Å². The summed E-state index contributed by atoms with van der Waals surface area (Å²) in [7, 11) is -0.269. The van der Waals surface area contributed by atoms with Crippen molar-refractivity contribution in [2.45, 2.75) is 25.7 Å². The van der Waals surface area contributed by atoms with E-state index in [2.05, 4.69) is 26.2 Å². The second-order valence-electron chi connectivity index (χ2n) is 6.36. The molecule has 0 N–H and O–H groups in total. The van der Waals surface area contributed by atoms with Crippen molar-refractivity contribution in [1.82, 2.24) is 0 Å². The van der Waals surface area contributed by atoms with Crippen molar-refractivity contribution >= 4 is 13.9 Å². The summed E-state index contributed by atoms with van der Waals surface area (Å²) >= 11 is 0. The van der Waals surface area contributed by atoms with Crippen LogP contribution in [0, 0.1) is 5.82 Å². The van der Waals surface area contributed by atoms with Gasteiger partial charge >= 0.3 is 0 Å². The molecule has 0 amide bonds. The van der Waals surface area contributed by atoms with E-state index >= 15 is 0 Å². The first kappa shape index (κ1) is 17.4. The lowest BCUT2D eigenvalue weighted by Gasteiger charge is -2.29. The second-order valence-corrected chi connectivity index (χ2v) is 10.8. The van der Waals surface area contributed by atoms with E-state index in [9.17, 15) is 4.39 Å². The van der Waals surface area contributed by atoms with E-state index in [1.807, 2.05) is 24.3 Å². The molecule has 2 nitrogen and oxygen atoms in total. The molecule has 0 bridgehead atoms. The molecule has 0 saturated heterocycles. The van der Waals surface area contributed by atoms with Crippen LogP contribution in [-0.4, -0.2) is 15.4 Å². The van der Waals surface area contributed by atoms with E-state index in [0.717, 1.165) is 5.56 Å². The van der Waals surface area contributed by atoms with Crippen LogP contribution in [0.2, 0.25) is 19.6 Å². The molecular weight excluding hydrogens is 307 g/mol. The molecule has 0 aliphatic carbocycles. The van der Waals surface area contributed by atoms with Gasteiger partial charge in [0.05, 0.1) is 13.2 Å². The van der Waals surface area contributed by atoms with Gasteiger partial charge in [0.1, 0.15) is 11.6 Å². The summed E-state index contributed by atoms with van der Waals surface area (Å²) in [6.07, 6.45) is -0.435. The maximum absolute atomic E-state index is 14.2. The Hall–Kier alpha value is -1.91. The van der Waals surface area contributed by atoms with Gasteiger partial charge in [-0.2, -0.15) is 0 Å². The van der Waals surface area contributed by atoms with E-state index in [1.54, 1.807) is 25.3 Å². The van der Waals surface area contributed by atoms with Crippen LogP contribution in [0.1, 0.15) is 17.2 Å². The van der Waals surface area contributed by atoms with Gasteiger partial charge in [-0.1, -0.05) is 43.0 Å². The fourth-order valence-corrected chi connectivity index (χ4v) is 3.40. The lowest BCUT2D eigenvalue weighted by molar-refractivity contribution is 0.250. The third-order valence-corrected chi connectivity index (χ3v) is 4.37. The van der Waals surface area contributed by atoms with Gasteiger partial charge in [-0.05, 0) is 37.3 Å². The molecule has 0 aliphatic rings. The second kappa shape index (κ2) is 7.11. The average molecular weight is 330 g/mol. The third-order valence-electron chi connectivity index (χ3n) is 3.43. The molecule has 0 saturated carbocycles. The molecule has 0 aromatic heterocycles. The SMILES string of the molecule is C=C(c1ccccc1F)C(O[Si](C)(C)C)c1ccccc1OC. The minimum Gasteiger partial charge on any atom is -0.496 e. The Bertz CT molecular complexity index is 692. The molecule has 23 heavy (non-hydrogen) atoms. The summed E-state index contributed by atoms with van der Waals surface area (Å²) in [6, 6.07) is 14.3. The van der Waals surface area contributed by atoms with Crippen molar-refractivity contribution in [2.75, 3.05) is 7.11 Å². The topological polar surface area (TPSA) is 18.5 Å². The number of ether oxygens (including phenoxy) is 1. The van der Waals surface area contributed by atoms with E-state index < -0.39 is 14.4 Å². The molecule has 0 radical (unpaired) electrons.